The Labute approximate surface area is 123 Å². The van der Waals surface area contributed by atoms with Crippen LogP contribution in [0, 0.1) is 10.1 Å². The number of imidazole rings is 1. The standard InChI is InChI=1S/C11H9N5O2S.ClH/c12-5-10-14-15-6-9(13-11(15)19-10)7-2-1-3-8(4-7)16(17)18;/h1-4,6H,5,12H2;1H. The second-order valence-electron chi connectivity index (χ2n) is 3.86. The van der Waals surface area contributed by atoms with Gasteiger partial charge in [0.15, 0.2) is 0 Å². The lowest BCUT2D eigenvalue weighted by atomic mass is 10.1. The molecule has 0 fully saturated rings. The Kier molecular flexibility index (Phi) is 3.98. The number of halogens is 1. The third-order valence-corrected chi connectivity index (χ3v) is 3.56. The van der Waals surface area contributed by atoms with Crippen molar-refractivity contribution in [1.29, 1.82) is 0 Å². The molecule has 7 nitrogen and oxygen atoms in total. The number of non-ortho nitro benzene ring substituents is 1. The van der Waals surface area contributed by atoms with E-state index in [1.807, 2.05) is 0 Å². The maximum absolute atomic E-state index is 10.7. The van der Waals surface area contributed by atoms with E-state index in [2.05, 4.69) is 10.1 Å². The summed E-state index contributed by atoms with van der Waals surface area (Å²) in [6, 6.07) is 6.37. The van der Waals surface area contributed by atoms with E-state index in [0.29, 0.717) is 17.8 Å². The number of nitrogens with zero attached hydrogens (tertiary/aromatic N) is 4. The maximum atomic E-state index is 10.7. The van der Waals surface area contributed by atoms with Crippen molar-refractivity contribution in [2.75, 3.05) is 0 Å². The minimum absolute atomic E-state index is 0. The van der Waals surface area contributed by atoms with Crippen LogP contribution in [0.3, 0.4) is 0 Å². The molecule has 0 unspecified atom stereocenters. The molecule has 0 aliphatic rings. The molecule has 0 aliphatic carbocycles. The number of nitro groups is 1. The van der Waals surface area contributed by atoms with Gasteiger partial charge in [-0.05, 0) is 0 Å². The number of hydrogen-bond donors (Lipinski definition) is 1. The monoisotopic (exact) mass is 311 g/mol. The molecule has 0 spiro atoms. The highest BCUT2D eigenvalue weighted by Crippen LogP contribution is 2.25. The molecule has 0 saturated carbocycles. The van der Waals surface area contributed by atoms with Gasteiger partial charge in [0, 0.05) is 24.2 Å². The van der Waals surface area contributed by atoms with Gasteiger partial charge in [0.1, 0.15) is 5.01 Å². The van der Waals surface area contributed by atoms with Gasteiger partial charge >= 0.3 is 0 Å². The van der Waals surface area contributed by atoms with Crippen LogP contribution in [0.2, 0.25) is 0 Å². The molecule has 0 radical (unpaired) electrons. The minimum atomic E-state index is -0.424. The molecule has 20 heavy (non-hydrogen) atoms. The first-order chi connectivity index (χ1) is 9.17. The molecule has 2 aromatic heterocycles. The zero-order valence-corrected chi connectivity index (χ0v) is 11.7. The largest absolute Gasteiger partial charge is 0.324 e. The Balaban J connectivity index is 0.00000147. The van der Waals surface area contributed by atoms with Crippen LogP contribution in [0.4, 0.5) is 5.69 Å². The Bertz CT molecular complexity index is 738. The maximum Gasteiger partial charge on any atom is 0.270 e. The van der Waals surface area contributed by atoms with E-state index in [4.69, 9.17) is 5.73 Å². The second kappa shape index (κ2) is 5.53. The number of benzene rings is 1. The van der Waals surface area contributed by atoms with Gasteiger partial charge in [0.05, 0.1) is 16.8 Å². The molecule has 0 atom stereocenters. The van der Waals surface area contributed by atoms with E-state index in [0.717, 1.165) is 9.97 Å². The first-order valence-electron chi connectivity index (χ1n) is 5.47. The lowest BCUT2D eigenvalue weighted by Crippen LogP contribution is -1.95. The molecule has 0 amide bonds. The molecule has 104 valence electrons. The minimum Gasteiger partial charge on any atom is -0.324 e. The number of rotatable bonds is 3. The van der Waals surface area contributed by atoms with Crippen LogP contribution in [0.5, 0.6) is 0 Å². The summed E-state index contributed by atoms with van der Waals surface area (Å²) in [6.45, 7) is 0.375. The van der Waals surface area contributed by atoms with Gasteiger partial charge in [0.2, 0.25) is 4.96 Å². The normalized spacial score (nSPS) is 10.4. The van der Waals surface area contributed by atoms with Crippen molar-refractivity contribution in [1.82, 2.24) is 14.6 Å². The van der Waals surface area contributed by atoms with Crippen LogP contribution in [0.1, 0.15) is 5.01 Å². The van der Waals surface area contributed by atoms with Crippen LogP contribution < -0.4 is 5.73 Å². The summed E-state index contributed by atoms with van der Waals surface area (Å²) in [5.41, 5.74) is 6.91. The fourth-order valence-electron chi connectivity index (χ4n) is 1.74. The highest BCUT2D eigenvalue weighted by atomic mass is 35.5. The van der Waals surface area contributed by atoms with E-state index >= 15 is 0 Å². The number of fused-ring (bicyclic) bond motifs is 1. The highest BCUT2D eigenvalue weighted by molar-refractivity contribution is 7.16. The lowest BCUT2D eigenvalue weighted by Gasteiger charge is -1.95. The Morgan fingerprint density at radius 1 is 1.45 bits per heavy atom. The highest BCUT2D eigenvalue weighted by Gasteiger charge is 2.12. The average Bonchev–Trinajstić information content (AvgIpc) is 2.96. The number of nitrogens with two attached hydrogens (primary N) is 1. The molecule has 2 N–H and O–H groups in total. The molecule has 0 saturated heterocycles. The fourth-order valence-corrected chi connectivity index (χ4v) is 2.50. The van der Waals surface area contributed by atoms with Crippen molar-refractivity contribution in [2.45, 2.75) is 6.54 Å². The fraction of sp³-hybridized carbons (Fsp3) is 0.0909. The number of nitro benzene ring substituents is 1. The molecule has 2 heterocycles. The quantitative estimate of drug-likeness (QED) is 0.590. The average molecular weight is 312 g/mol. The van der Waals surface area contributed by atoms with Crippen LogP contribution in [-0.4, -0.2) is 19.5 Å². The van der Waals surface area contributed by atoms with Gasteiger partial charge in [-0.1, -0.05) is 23.5 Å². The smallest absolute Gasteiger partial charge is 0.270 e. The summed E-state index contributed by atoms with van der Waals surface area (Å²) in [5, 5.41) is 15.8. The molecular weight excluding hydrogens is 302 g/mol. The van der Waals surface area contributed by atoms with Crippen LogP contribution in [0.15, 0.2) is 30.5 Å². The van der Waals surface area contributed by atoms with Crippen molar-refractivity contribution in [2.24, 2.45) is 5.73 Å². The second-order valence-corrected chi connectivity index (χ2v) is 4.90. The third-order valence-electron chi connectivity index (χ3n) is 2.61. The van der Waals surface area contributed by atoms with Gasteiger partial charge in [-0.2, -0.15) is 5.10 Å². The van der Waals surface area contributed by atoms with E-state index in [1.165, 1.54) is 23.5 Å². The molecule has 0 bridgehead atoms. The van der Waals surface area contributed by atoms with Crippen molar-refractivity contribution < 1.29 is 4.92 Å². The van der Waals surface area contributed by atoms with E-state index in [9.17, 15) is 10.1 Å². The van der Waals surface area contributed by atoms with Gasteiger partial charge in [-0.3, -0.25) is 10.1 Å². The number of aromatic nitrogens is 3. The molecule has 9 heteroatoms. The summed E-state index contributed by atoms with van der Waals surface area (Å²) in [5.74, 6) is 0. The Morgan fingerprint density at radius 3 is 2.90 bits per heavy atom. The first kappa shape index (κ1) is 14.4. The first-order valence-corrected chi connectivity index (χ1v) is 6.29. The summed E-state index contributed by atoms with van der Waals surface area (Å²) in [4.78, 5) is 15.4. The van der Waals surface area contributed by atoms with E-state index in [1.54, 1.807) is 22.8 Å². The molecule has 1 aromatic carbocycles. The van der Waals surface area contributed by atoms with E-state index < -0.39 is 4.92 Å². The molecule has 3 aromatic rings. The van der Waals surface area contributed by atoms with Crippen molar-refractivity contribution in [3.05, 3.63) is 45.6 Å². The van der Waals surface area contributed by atoms with Gasteiger partial charge in [-0.25, -0.2) is 9.50 Å². The van der Waals surface area contributed by atoms with Crippen LogP contribution >= 0.6 is 23.7 Å². The Morgan fingerprint density at radius 2 is 2.25 bits per heavy atom. The van der Waals surface area contributed by atoms with Gasteiger partial charge < -0.3 is 5.73 Å². The Hall–Kier alpha value is -2.03. The molecule has 0 aliphatic heterocycles. The van der Waals surface area contributed by atoms with Crippen molar-refractivity contribution in [3.63, 3.8) is 0 Å². The third kappa shape index (κ3) is 2.48. The molecule has 3 rings (SSSR count). The SMILES string of the molecule is Cl.NCc1nn2cc(-c3cccc([N+](=O)[O-])c3)nc2s1. The lowest BCUT2D eigenvalue weighted by molar-refractivity contribution is -0.384. The predicted molar refractivity (Wildman–Crippen MR) is 78.1 cm³/mol. The van der Waals surface area contributed by atoms with Crippen molar-refractivity contribution in [3.8, 4) is 11.3 Å². The summed E-state index contributed by atoms with van der Waals surface area (Å²) >= 11 is 1.41. The summed E-state index contributed by atoms with van der Waals surface area (Å²) in [6.07, 6.45) is 1.74. The van der Waals surface area contributed by atoms with Gasteiger partial charge in [0.25, 0.3) is 5.69 Å². The summed E-state index contributed by atoms with van der Waals surface area (Å²) < 4.78 is 1.64. The predicted octanol–water partition coefficient (Wildman–Crippen LogP) is 2.25. The zero-order valence-electron chi connectivity index (χ0n) is 10.1. The van der Waals surface area contributed by atoms with E-state index in [-0.39, 0.29) is 18.1 Å². The molecular formula is C11H10ClN5O2S. The van der Waals surface area contributed by atoms with Crippen molar-refractivity contribution >= 4 is 34.4 Å². The topological polar surface area (TPSA) is 99.3 Å². The van der Waals surface area contributed by atoms with Crippen LogP contribution in [0.25, 0.3) is 16.2 Å². The van der Waals surface area contributed by atoms with Crippen LogP contribution in [-0.2, 0) is 6.54 Å². The summed E-state index contributed by atoms with van der Waals surface area (Å²) in [7, 11) is 0. The van der Waals surface area contributed by atoms with Gasteiger partial charge in [-0.15, -0.1) is 12.4 Å². The zero-order chi connectivity index (χ0) is 13.4. The number of hydrogen-bond acceptors (Lipinski definition) is 6.